The molecule has 1 heterocycles. The van der Waals surface area contributed by atoms with Crippen molar-refractivity contribution in [3.05, 3.63) is 45.7 Å². The molecular formula is C12H11IN2O. The molecule has 1 aromatic carbocycles. The van der Waals surface area contributed by atoms with Crippen LogP contribution in [0.3, 0.4) is 0 Å². The van der Waals surface area contributed by atoms with Gasteiger partial charge < -0.3 is 10.5 Å². The lowest BCUT2D eigenvalue weighted by Crippen LogP contribution is -1.96. The monoisotopic (exact) mass is 326 g/mol. The SMILES string of the molecule is Cc1ccc(N)c(Oc2cccc(I)c2)n1. The van der Waals surface area contributed by atoms with Gasteiger partial charge >= 0.3 is 0 Å². The minimum Gasteiger partial charge on any atom is -0.437 e. The van der Waals surface area contributed by atoms with Crippen molar-refractivity contribution in [3.8, 4) is 11.6 Å². The van der Waals surface area contributed by atoms with Gasteiger partial charge in [-0.25, -0.2) is 4.98 Å². The summed E-state index contributed by atoms with van der Waals surface area (Å²) in [4.78, 5) is 4.25. The Hall–Kier alpha value is -1.30. The summed E-state index contributed by atoms with van der Waals surface area (Å²) in [5.74, 6) is 1.21. The highest BCUT2D eigenvalue weighted by Crippen LogP contribution is 2.26. The Balaban J connectivity index is 2.30. The predicted molar refractivity (Wildman–Crippen MR) is 72.6 cm³/mol. The highest BCUT2D eigenvalue weighted by atomic mass is 127. The van der Waals surface area contributed by atoms with Crippen molar-refractivity contribution < 1.29 is 4.74 Å². The number of benzene rings is 1. The normalized spacial score (nSPS) is 10.1. The van der Waals surface area contributed by atoms with Crippen LogP contribution in [0.2, 0.25) is 0 Å². The molecule has 0 bridgehead atoms. The first-order valence-electron chi connectivity index (χ1n) is 4.82. The number of rotatable bonds is 2. The first-order chi connectivity index (χ1) is 7.65. The minimum absolute atomic E-state index is 0.460. The molecule has 0 atom stereocenters. The molecule has 0 aliphatic carbocycles. The number of halogens is 1. The fraction of sp³-hybridized carbons (Fsp3) is 0.0833. The minimum atomic E-state index is 0.460. The molecule has 2 N–H and O–H groups in total. The zero-order valence-electron chi connectivity index (χ0n) is 8.77. The number of hydrogen-bond donors (Lipinski definition) is 1. The second-order valence-electron chi connectivity index (χ2n) is 3.41. The molecule has 2 aromatic rings. The Morgan fingerprint density at radius 3 is 2.81 bits per heavy atom. The summed E-state index contributed by atoms with van der Waals surface area (Å²) in [6.07, 6.45) is 0. The van der Waals surface area contributed by atoms with Crippen molar-refractivity contribution in [3.63, 3.8) is 0 Å². The Labute approximate surface area is 108 Å². The lowest BCUT2D eigenvalue weighted by molar-refractivity contribution is 0.464. The number of nitrogen functional groups attached to an aromatic ring is 1. The maximum absolute atomic E-state index is 5.79. The Kier molecular flexibility index (Phi) is 3.28. The molecule has 0 spiro atoms. The average molecular weight is 326 g/mol. The summed E-state index contributed by atoms with van der Waals surface area (Å²) >= 11 is 2.23. The Morgan fingerprint density at radius 1 is 1.25 bits per heavy atom. The van der Waals surface area contributed by atoms with Gasteiger partial charge in [0.05, 0.1) is 5.69 Å². The van der Waals surface area contributed by atoms with Gasteiger partial charge in [-0.1, -0.05) is 6.07 Å². The maximum atomic E-state index is 5.79. The van der Waals surface area contributed by atoms with E-state index in [9.17, 15) is 0 Å². The Morgan fingerprint density at radius 2 is 2.06 bits per heavy atom. The highest BCUT2D eigenvalue weighted by molar-refractivity contribution is 14.1. The zero-order valence-corrected chi connectivity index (χ0v) is 10.9. The molecule has 4 heteroatoms. The van der Waals surface area contributed by atoms with Crippen molar-refractivity contribution in [1.82, 2.24) is 4.98 Å². The molecule has 0 saturated heterocycles. The van der Waals surface area contributed by atoms with E-state index in [0.717, 1.165) is 15.0 Å². The number of anilines is 1. The summed E-state index contributed by atoms with van der Waals surface area (Å²) in [6, 6.07) is 11.4. The smallest absolute Gasteiger partial charge is 0.242 e. The quantitative estimate of drug-likeness (QED) is 0.861. The molecule has 2 rings (SSSR count). The molecule has 0 aliphatic heterocycles. The van der Waals surface area contributed by atoms with Crippen LogP contribution < -0.4 is 10.5 Å². The van der Waals surface area contributed by atoms with Gasteiger partial charge in [0.25, 0.3) is 0 Å². The number of hydrogen-bond acceptors (Lipinski definition) is 3. The van der Waals surface area contributed by atoms with Gasteiger partial charge in [0.15, 0.2) is 0 Å². The van der Waals surface area contributed by atoms with Gasteiger partial charge in [-0.2, -0.15) is 0 Å². The Bertz CT molecular complexity index is 514. The van der Waals surface area contributed by atoms with Crippen LogP contribution >= 0.6 is 22.6 Å². The molecule has 0 amide bonds. The molecule has 0 saturated carbocycles. The first-order valence-corrected chi connectivity index (χ1v) is 5.89. The van der Waals surface area contributed by atoms with Gasteiger partial charge in [0, 0.05) is 9.26 Å². The lowest BCUT2D eigenvalue weighted by Gasteiger charge is -2.08. The number of nitrogens with zero attached hydrogens (tertiary/aromatic N) is 1. The van der Waals surface area contributed by atoms with Crippen LogP contribution in [0.25, 0.3) is 0 Å². The van der Waals surface area contributed by atoms with Gasteiger partial charge in [-0.05, 0) is 59.8 Å². The van der Waals surface area contributed by atoms with Crippen molar-refractivity contribution in [2.75, 3.05) is 5.73 Å². The van der Waals surface area contributed by atoms with Crippen molar-refractivity contribution in [1.29, 1.82) is 0 Å². The zero-order chi connectivity index (χ0) is 11.5. The van der Waals surface area contributed by atoms with E-state index >= 15 is 0 Å². The lowest BCUT2D eigenvalue weighted by atomic mass is 10.3. The summed E-state index contributed by atoms with van der Waals surface area (Å²) in [7, 11) is 0. The van der Waals surface area contributed by atoms with Crippen molar-refractivity contribution >= 4 is 28.3 Å². The predicted octanol–water partition coefficient (Wildman–Crippen LogP) is 3.37. The second-order valence-corrected chi connectivity index (χ2v) is 4.65. The van der Waals surface area contributed by atoms with Crippen LogP contribution in [-0.4, -0.2) is 4.98 Å². The third-order valence-corrected chi connectivity index (χ3v) is 2.71. The first kappa shape index (κ1) is 11.2. The van der Waals surface area contributed by atoms with Crippen molar-refractivity contribution in [2.45, 2.75) is 6.92 Å². The molecule has 0 fully saturated rings. The van der Waals surface area contributed by atoms with Gasteiger partial charge in [0.1, 0.15) is 5.75 Å². The van der Waals surface area contributed by atoms with Crippen LogP contribution in [0.5, 0.6) is 11.6 Å². The largest absolute Gasteiger partial charge is 0.437 e. The number of ether oxygens (including phenoxy) is 1. The maximum Gasteiger partial charge on any atom is 0.242 e. The number of aryl methyl sites for hydroxylation is 1. The highest BCUT2D eigenvalue weighted by Gasteiger charge is 2.04. The molecule has 0 unspecified atom stereocenters. The molecule has 3 nitrogen and oxygen atoms in total. The van der Waals surface area contributed by atoms with E-state index in [1.807, 2.05) is 37.3 Å². The fourth-order valence-corrected chi connectivity index (χ4v) is 1.78. The molecule has 82 valence electrons. The van der Waals surface area contributed by atoms with Crippen LogP contribution in [0.15, 0.2) is 36.4 Å². The van der Waals surface area contributed by atoms with E-state index in [-0.39, 0.29) is 0 Å². The summed E-state index contributed by atoms with van der Waals surface area (Å²) in [5.41, 5.74) is 7.22. The van der Waals surface area contributed by atoms with E-state index in [4.69, 9.17) is 10.5 Å². The molecule has 16 heavy (non-hydrogen) atoms. The van der Waals surface area contributed by atoms with E-state index in [1.54, 1.807) is 6.07 Å². The van der Waals surface area contributed by atoms with Crippen LogP contribution in [-0.2, 0) is 0 Å². The van der Waals surface area contributed by atoms with Crippen LogP contribution in [0.1, 0.15) is 5.69 Å². The summed E-state index contributed by atoms with van der Waals surface area (Å²) in [6.45, 7) is 1.90. The standard InChI is InChI=1S/C12H11IN2O/c1-8-5-6-11(14)12(15-8)16-10-4-2-3-9(13)7-10/h2-7H,14H2,1H3. The van der Waals surface area contributed by atoms with E-state index in [2.05, 4.69) is 27.6 Å². The second kappa shape index (κ2) is 4.69. The van der Waals surface area contributed by atoms with Crippen molar-refractivity contribution in [2.24, 2.45) is 0 Å². The van der Waals surface area contributed by atoms with E-state index in [0.29, 0.717) is 11.6 Å². The van der Waals surface area contributed by atoms with Crippen LogP contribution in [0.4, 0.5) is 5.69 Å². The molecular weight excluding hydrogens is 315 g/mol. The van der Waals surface area contributed by atoms with Gasteiger partial charge in [0.2, 0.25) is 5.88 Å². The summed E-state index contributed by atoms with van der Waals surface area (Å²) in [5, 5.41) is 0. The average Bonchev–Trinajstić information content (AvgIpc) is 2.24. The fourth-order valence-electron chi connectivity index (χ4n) is 1.27. The van der Waals surface area contributed by atoms with Crippen LogP contribution in [0, 0.1) is 10.5 Å². The number of aromatic nitrogens is 1. The number of pyridine rings is 1. The third-order valence-electron chi connectivity index (χ3n) is 2.04. The van der Waals surface area contributed by atoms with E-state index < -0.39 is 0 Å². The topological polar surface area (TPSA) is 48.1 Å². The molecule has 0 aliphatic rings. The van der Waals surface area contributed by atoms with Gasteiger partial charge in [-0.3, -0.25) is 0 Å². The number of nitrogens with two attached hydrogens (primary N) is 1. The molecule has 0 radical (unpaired) electrons. The molecule has 1 aromatic heterocycles. The third kappa shape index (κ3) is 2.63. The van der Waals surface area contributed by atoms with E-state index in [1.165, 1.54) is 0 Å². The summed E-state index contributed by atoms with van der Waals surface area (Å²) < 4.78 is 6.74. The van der Waals surface area contributed by atoms with Gasteiger partial charge in [-0.15, -0.1) is 0 Å².